The number of hydrogen-bond donors (Lipinski definition) is 0. The molecule has 9 heteroatoms. The quantitative estimate of drug-likeness (QED) is 0.579. The molecule has 0 aliphatic carbocycles. The predicted molar refractivity (Wildman–Crippen MR) is 93.6 cm³/mol. The molecule has 3 rings (SSSR count). The van der Waals surface area contributed by atoms with E-state index in [9.17, 15) is 10.1 Å². The van der Waals surface area contributed by atoms with Crippen LogP contribution in [0.25, 0.3) is 0 Å². The maximum atomic E-state index is 11.3. The van der Waals surface area contributed by atoms with E-state index < -0.39 is 0 Å². The minimum atomic E-state index is -0.340. The molecular weight excluding hydrogens is 378 g/mol. The van der Waals surface area contributed by atoms with E-state index in [4.69, 9.17) is 4.52 Å². The van der Waals surface area contributed by atoms with Crippen LogP contribution in [0.3, 0.4) is 0 Å². The summed E-state index contributed by atoms with van der Waals surface area (Å²) in [7, 11) is 3.73. The van der Waals surface area contributed by atoms with Crippen LogP contribution in [0.2, 0.25) is 0 Å². The maximum Gasteiger partial charge on any atom is 0.293 e. The van der Waals surface area contributed by atoms with E-state index in [1.165, 1.54) is 0 Å². The first-order chi connectivity index (χ1) is 11.5. The number of nitro benzene ring substituents is 1. The van der Waals surface area contributed by atoms with Gasteiger partial charge in [-0.05, 0) is 30.1 Å². The molecule has 1 aliphatic heterocycles. The Morgan fingerprint density at radius 1 is 1.38 bits per heavy atom. The van der Waals surface area contributed by atoms with Gasteiger partial charge in [0, 0.05) is 43.6 Å². The first-order valence-electron chi connectivity index (χ1n) is 7.65. The number of nitro groups is 1. The lowest BCUT2D eigenvalue weighted by Crippen LogP contribution is -2.33. The predicted octanol–water partition coefficient (Wildman–Crippen LogP) is 3.19. The molecule has 0 radical (unpaired) electrons. The van der Waals surface area contributed by atoms with E-state index in [0.29, 0.717) is 35.1 Å². The van der Waals surface area contributed by atoms with Crippen molar-refractivity contribution in [1.29, 1.82) is 0 Å². The van der Waals surface area contributed by atoms with E-state index in [-0.39, 0.29) is 16.5 Å². The molecule has 0 spiro atoms. The molecule has 1 saturated heterocycles. The summed E-state index contributed by atoms with van der Waals surface area (Å²) < 4.78 is 6.05. The van der Waals surface area contributed by atoms with Crippen molar-refractivity contribution in [2.24, 2.45) is 0 Å². The summed E-state index contributed by atoms with van der Waals surface area (Å²) in [6.45, 7) is 1.43. The van der Waals surface area contributed by atoms with Crippen molar-refractivity contribution in [3.05, 3.63) is 38.7 Å². The summed E-state index contributed by atoms with van der Waals surface area (Å²) in [4.78, 5) is 19.2. The van der Waals surface area contributed by atoms with Crippen LogP contribution in [0.5, 0.6) is 0 Å². The number of halogens is 1. The number of aromatic nitrogens is 2. The fourth-order valence-corrected chi connectivity index (χ4v) is 3.20. The second-order valence-corrected chi connectivity index (χ2v) is 6.89. The lowest BCUT2D eigenvalue weighted by Gasteiger charge is -2.31. The topological polar surface area (TPSA) is 88.5 Å². The molecular formula is C15H18BrN5O3. The lowest BCUT2D eigenvalue weighted by molar-refractivity contribution is -0.384. The number of benzene rings is 1. The summed E-state index contributed by atoms with van der Waals surface area (Å²) in [6, 6.07) is 5.16. The van der Waals surface area contributed by atoms with Crippen molar-refractivity contribution in [1.82, 2.24) is 10.1 Å². The Balaban J connectivity index is 1.72. The van der Waals surface area contributed by atoms with Crippen molar-refractivity contribution < 1.29 is 9.45 Å². The molecule has 0 atom stereocenters. The summed E-state index contributed by atoms with van der Waals surface area (Å²) in [5, 5.41) is 15.2. The molecule has 0 unspecified atom stereocenters. The molecule has 128 valence electrons. The van der Waals surface area contributed by atoms with Crippen LogP contribution in [-0.2, 0) is 0 Å². The molecule has 1 aromatic heterocycles. The van der Waals surface area contributed by atoms with Crippen molar-refractivity contribution in [2.75, 3.05) is 37.0 Å². The summed E-state index contributed by atoms with van der Waals surface area (Å²) in [5.41, 5.74) is 0.775. The zero-order valence-electron chi connectivity index (χ0n) is 13.5. The van der Waals surface area contributed by atoms with Gasteiger partial charge in [0.15, 0.2) is 0 Å². The highest BCUT2D eigenvalue weighted by Gasteiger charge is 2.28. The molecule has 1 fully saturated rings. The van der Waals surface area contributed by atoms with Crippen LogP contribution in [0.1, 0.15) is 24.7 Å². The molecule has 2 aromatic rings. The van der Waals surface area contributed by atoms with Crippen LogP contribution in [-0.4, -0.2) is 42.2 Å². The second kappa shape index (κ2) is 6.76. The van der Waals surface area contributed by atoms with Gasteiger partial charge in [-0.15, -0.1) is 0 Å². The minimum absolute atomic E-state index is 0.121. The Kier molecular flexibility index (Phi) is 4.70. The third-order valence-corrected chi connectivity index (χ3v) is 4.64. The minimum Gasteiger partial charge on any atom is -0.366 e. The Bertz CT molecular complexity index is 740. The number of anilines is 2. The van der Waals surface area contributed by atoms with E-state index >= 15 is 0 Å². The summed E-state index contributed by atoms with van der Waals surface area (Å²) in [5.74, 6) is 1.40. The molecule has 2 heterocycles. The summed E-state index contributed by atoms with van der Waals surface area (Å²) >= 11 is 3.29. The lowest BCUT2D eigenvalue weighted by atomic mass is 9.96. The summed E-state index contributed by atoms with van der Waals surface area (Å²) in [6.07, 6.45) is 1.64. The van der Waals surface area contributed by atoms with Crippen molar-refractivity contribution in [2.45, 2.75) is 18.8 Å². The molecule has 8 nitrogen and oxygen atoms in total. The SMILES string of the molecule is CN(C)c1noc(C2CCN(c3ccc(Br)cc3[N+](=O)[O-])CC2)n1. The van der Waals surface area contributed by atoms with Gasteiger partial charge in [-0.1, -0.05) is 15.9 Å². The van der Waals surface area contributed by atoms with Gasteiger partial charge >= 0.3 is 0 Å². The van der Waals surface area contributed by atoms with Gasteiger partial charge in [0.25, 0.3) is 11.6 Å². The standard InChI is InChI=1S/C15H18BrN5O3/c1-19(2)15-17-14(24-18-15)10-5-7-20(8-6-10)12-4-3-11(16)9-13(12)21(22)23/h3-4,9-10H,5-8H2,1-2H3. The average molecular weight is 396 g/mol. The monoisotopic (exact) mass is 395 g/mol. The van der Waals surface area contributed by atoms with Gasteiger partial charge in [0.2, 0.25) is 5.89 Å². The third kappa shape index (κ3) is 3.35. The normalized spacial score (nSPS) is 15.5. The van der Waals surface area contributed by atoms with Crippen LogP contribution in [0.4, 0.5) is 17.3 Å². The fourth-order valence-electron chi connectivity index (χ4n) is 2.85. The van der Waals surface area contributed by atoms with E-state index in [2.05, 4.69) is 26.1 Å². The van der Waals surface area contributed by atoms with Gasteiger partial charge in [0.1, 0.15) is 5.69 Å². The zero-order valence-corrected chi connectivity index (χ0v) is 15.1. The Hall–Kier alpha value is -2.16. The van der Waals surface area contributed by atoms with Crippen molar-refractivity contribution >= 4 is 33.3 Å². The molecule has 1 aliphatic rings. The highest BCUT2D eigenvalue weighted by atomic mass is 79.9. The highest BCUT2D eigenvalue weighted by molar-refractivity contribution is 9.10. The Morgan fingerprint density at radius 2 is 2.08 bits per heavy atom. The third-order valence-electron chi connectivity index (χ3n) is 4.15. The molecule has 0 N–H and O–H groups in total. The van der Waals surface area contributed by atoms with E-state index in [0.717, 1.165) is 12.8 Å². The molecule has 0 amide bonds. The van der Waals surface area contributed by atoms with Crippen molar-refractivity contribution in [3.8, 4) is 0 Å². The molecule has 1 aromatic carbocycles. The van der Waals surface area contributed by atoms with Crippen LogP contribution in [0, 0.1) is 10.1 Å². The van der Waals surface area contributed by atoms with Gasteiger partial charge in [0.05, 0.1) is 4.92 Å². The highest BCUT2D eigenvalue weighted by Crippen LogP contribution is 2.35. The van der Waals surface area contributed by atoms with Crippen LogP contribution < -0.4 is 9.80 Å². The first kappa shape index (κ1) is 16.7. The van der Waals surface area contributed by atoms with Gasteiger partial charge in [-0.3, -0.25) is 10.1 Å². The van der Waals surface area contributed by atoms with E-state index in [1.807, 2.05) is 25.1 Å². The number of nitrogens with zero attached hydrogens (tertiary/aromatic N) is 5. The molecule has 0 saturated carbocycles. The average Bonchev–Trinajstić information content (AvgIpc) is 3.05. The van der Waals surface area contributed by atoms with E-state index in [1.54, 1.807) is 17.0 Å². The second-order valence-electron chi connectivity index (χ2n) is 5.98. The first-order valence-corrected chi connectivity index (χ1v) is 8.45. The number of rotatable bonds is 4. The number of hydrogen-bond acceptors (Lipinski definition) is 7. The number of piperidine rings is 1. The zero-order chi connectivity index (χ0) is 17.3. The van der Waals surface area contributed by atoms with Gasteiger partial charge < -0.3 is 14.3 Å². The van der Waals surface area contributed by atoms with Crippen LogP contribution in [0.15, 0.2) is 27.2 Å². The fraction of sp³-hybridized carbons (Fsp3) is 0.467. The maximum absolute atomic E-state index is 11.3. The van der Waals surface area contributed by atoms with Crippen LogP contribution >= 0.6 is 15.9 Å². The largest absolute Gasteiger partial charge is 0.366 e. The Labute approximate surface area is 147 Å². The molecule has 24 heavy (non-hydrogen) atoms. The Morgan fingerprint density at radius 3 is 2.67 bits per heavy atom. The van der Waals surface area contributed by atoms with Crippen molar-refractivity contribution in [3.63, 3.8) is 0 Å². The molecule has 0 bridgehead atoms. The van der Waals surface area contributed by atoms with Gasteiger partial charge in [-0.2, -0.15) is 4.98 Å². The van der Waals surface area contributed by atoms with Gasteiger partial charge in [-0.25, -0.2) is 0 Å². The smallest absolute Gasteiger partial charge is 0.293 e.